The third-order valence-corrected chi connectivity index (χ3v) is 5.80. The highest BCUT2D eigenvalue weighted by molar-refractivity contribution is 8.01. The molecule has 1 fully saturated rings. The first kappa shape index (κ1) is 16.3. The zero-order valence-corrected chi connectivity index (χ0v) is 14.2. The molecule has 5 nitrogen and oxygen atoms in total. The summed E-state index contributed by atoms with van der Waals surface area (Å²) in [5.41, 5.74) is 7.73. The molecule has 2 aliphatic heterocycles. The Hall–Kier alpha value is -1.53. The number of amides is 2. The Morgan fingerprint density at radius 2 is 2.09 bits per heavy atom. The van der Waals surface area contributed by atoms with E-state index in [1.54, 1.807) is 11.8 Å². The predicted molar refractivity (Wildman–Crippen MR) is 91.3 cm³/mol. The molecular formula is C17H23N3O2S. The number of fused-ring (bicyclic) bond motifs is 1. The minimum absolute atomic E-state index is 0.0181. The van der Waals surface area contributed by atoms with Gasteiger partial charge < -0.3 is 11.1 Å². The molecule has 6 heteroatoms. The topological polar surface area (TPSA) is 75.4 Å². The second-order valence-corrected chi connectivity index (χ2v) is 7.69. The molecule has 2 heterocycles. The lowest BCUT2D eigenvalue weighted by atomic mass is 10.0. The molecule has 1 aromatic rings. The van der Waals surface area contributed by atoms with E-state index in [1.165, 1.54) is 16.0 Å². The van der Waals surface area contributed by atoms with Crippen LogP contribution in [0.3, 0.4) is 0 Å². The van der Waals surface area contributed by atoms with Crippen LogP contribution < -0.4 is 11.1 Å². The number of carbonyl (C=O) groups excluding carboxylic acids is 2. The highest BCUT2D eigenvalue weighted by atomic mass is 32.2. The van der Waals surface area contributed by atoms with Gasteiger partial charge in [-0.25, -0.2) is 0 Å². The van der Waals surface area contributed by atoms with Gasteiger partial charge in [-0.05, 0) is 37.8 Å². The Balaban J connectivity index is 1.49. The summed E-state index contributed by atoms with van der Waals surface area (Å²) in [6.45, 7) is 4.01. The molecule has 2 aliphatic rings. The minimum atomic E-state index is -0.289. The maximum atomic E-state index is 12.5. The van der Waals surface area contributed by atoms with Gasteiger partial charge in [0.25, 0.3) is 0 Å². The van der Waals surface area contributed by atoms with Crippen molar-refractivity contribution in [2.45, 2.75) is 42.4 Å². The third-order valence-electron chi connectivity index (χ3n) is 4.50. The Labute approximate surface area is 141 Å². The summed E-state index contributed by atoms with van der Waals surface area (Å²) in [5, 5.41) is 3.16. The number of aryl methyl sites for hydroxylation is 1. The van der Waals surface area contributed by atoms with Crippen molar-refractivity contribution >= 4 is 23.6 Å². The standard InChI is InChI=1S/C17H23N3O2S/c1-11-2-3-12-9-15(23-14(12)8-11)17(22)19-13-4-6-20(7-5-13)10-16(18)21/h2-3,8,13,15H,4-7,9-10H2,1H3,(H2,18,21)(H,19,22)/t15-/m0/s1. The number of hydrogen-bond donors (Lipinski definition) is 2. The van der Waals surface area contributed by atoms with Gasteiger partial charge >= 0.3 is 0 Å². The molecule has 2 amide bonds. The first-order valence-corrected chi connectivity index (χ1v) is 8.96. The van der Waals surface area contributed by atoms with E-state index in [4.69, 9.17) is 5.73 Å². The number of nitrogens with two attached hydrogens (primary N) is 1. The van der Waals surface area contributed by atoms with Crippen LogP contribution in [0.25, 0.3) is 0 Å². The maximum absolute atomic E-state index is 12.5. The lowest BCUT2D eigenvalue weighted by Crippen LogP contribution is -2.48. The van der Waals surface area contributed by atoms with Crippen LogP contribution >= 0.6 is 11.8 Å². The number of likely N-dealkylation sites (tertiary alicyclic amines) is 1. The van der Waals surface area contributed by atoms with Gasteiger partial charge in [0, 0.05) is 24.0 Å². The summed E-state index contributed by atoms with van der Waals surface area (Å²) in [6, 6.07) is 6.61. The van der Waals surface area contributed by atoms with E-state index in [2.05, 4.69) is 30.4 Å². The number of carbonyl (C=O) groups is 2. The van der Waals surface area contributed by atoms with Crippen LogP contribution in [-0.4, -0.2) is 47.6 Å². The van der Waals surface area contributed by atoms with E-state index in [1.807, 2.05) is 4.90 Å². The fourth-order valence-corrected chi connectivity index (χ4v) is 4.53. The van der Waals surface area contributed by atoms with Crippen molar-refractivity contribution in [1.29, 1.82) is 0 Å². The average molecular weight is 333 g/mol. The van der Waals surface area contributed by atoms with Gasteiger partial charge in [-0.1, -0.05) is 17.7 Å². The summed E-state index contributed by atoms with van der Waals surface area (Å²) in [6.07, 6.45) is 2.57. The largest absolute Gasteiger partial charge is 0.369 e. The second-order valence-electron chi connectivity index (χ2n) is 6.45. The molecule has 0 unspecified atom stereocenters. The fraction of sp³-hybridized carbons (Fsp3) is 0.529. The van der Waals surface area contributed by atoms with Crippen molar-refractivity contribution in [3.8, 4) is 0 Å². The number of thioether (sulfide) groups is 1. The van der Waals surface area contributed by atoms with Crippen LogP contribution in [0, 0.1) is 6.92 Å². The smallest absolute Gasteiger partial charge is 0.234 e. The van der Waals surface area contributed by atoms with E-state index in [-0.39, 0.29) is 23.1 Å². The van der Waals surface area contributed by atoms with Crippen LogP contribution in [0.15, 0.2) is 23.1 Å². The molecule has 3 N–H and O–H groups in total. The van der Waals surface area contributed by atoms with Crippen molar-refractivity contribution in [3.05, 3.63) is 29.3 Å². The van der Waals surface area contributed by atoms with Crippen molar-refractivity contribution in [3.63, 3.8) is 0 Å². The Kier molecular flexibility index (Phi) is 4.92. The maximum Gasteiger partial charge on any atom is 0.234 e. The summed E-state index contributed by atoms with van der Waals surface area (Å²) in [7, 11) is 0. The van der Waals surface area contributed by atoms with E-state index in [0.29, 0.717) is 6.54 Å². The van der Waals surface area contributed by atoms with Gasteiger partial charge in [-0.2, -0.15) is 0 Å². The first-order valence-electron chi connectivity index (χ1n) is 8.08. The molecule has 0 aromatic heterocycles. The monoisotopic (exact) mass is 333 g/mol. The Bertz CT molecular complexity index is 612. The van der Waals surface area contributed by atoms with Gasteiger partial charge in [0.2, 0.25) is 11.8 Å². The summed E-state index contributed by atoms with van der Waals surface area (Å²) in [5.74, 6) is -0.153. The van der Waals surface area contributed by atoms with E-state index < -0.39 is 0 Å². The number of rotatable bonds is 4. The van der Waals surface area contributed by atoms with E-state index >= 15 is 0 Å². The van der Waals surface area contributed by atoms with Crippen molar-refractivity contribution in [2.24, 2.45) is 5.73 Å². The highest BCUT2D eigenvalue weighted by Gasteiger charge is 2.30. The molecule has 3 rings (SSSR count). The third kappa shape index (κ3) is 4.06. The number of hydrogen-bond acceptors (Lipinski definition) is 4. The lowest BCUT2D eigenvalue weighted by molar-refractivity contribution is -0.122. The molecule has 1 saturated heterocycles. The van der Waals surface area contributed by atoms with Gasteiger partial charge in [-0.3, -0.25) is 14.5 Å². The highest BCUT2D eigenvalue weighted by Crippen LogP contribution is 2.37. The zero-order valence-electron chi connectivity index (χ0n) is 13.4. The molecule has 23 heavy (non-hydrogen) atoms. The second kappa shape index (κ2) is 6.93. The molecule has 1 aromatic carbocycles. The van der Waals surface area contributed by atoms with Crippen LogP contribution in [-0.2, 0) is 16.0 Å². The van der Waals surface area contributed by atoms with Crippen molar-refractivity contribution in [1.82, 2.24) is 10.2 Å². The van der Waals surface area contributed by atoms with Gasteiger partial charge in [0.05, 0.1) is 11.8 Å². The molecule has 124 valence electrons. The fourth-order valence-electron chi connectivity index (χ4n) is 3.23. The van der Waals surface area contributed by atoms with Gasteiger partial charge in [-0.15, -0.1) is 11.8 Å². The quantitative estimate of drug-likeness (QED) is 0.864. The number of benzene rings is 1. The predicted octanol–water partition coefficient (Wildman–Crippen LogP) is 1.08. The van der Waals surface area contributed by atoms with Crippen LogP contribution in [0.1, 0.15) is 24.0 Å². The summed E-state index contributed by atoms with van der Waals surface area (Å²) < 4.78 is 0. The normalized spacial score (nSPS) is 21.9. The van der Waals surface area contributed by atoms with E-state index in [0.717, 1.165) is 32.4 Å². The molecule has 0 saturated carbocycles. The number of piperidine rings is 1. The van der Waals surface area contributed by atoms with Crippen LogP contribution in [0.5, 0.6) is 0 Å². The minimum Gasteiger partial charge on any atom is -0.369 e. The summed E-state index contributed by atoms with van der Waals surface area (Å²) >= 11 is 1.67. The first-order chi connectivity index (χ1) is 11.0. The number of nitrogens with one attached hydrogen (secondary N) is 1. The van der Waals surface area contributed by atoms with Crippen molar-refractivity contribution < 1.29 is 9.59 Å². The molecule has 0 radical (unpaired) electrons. The number of primary amides is 1. The molecule has 0 bridgehead atoms. The van der Waals surface area contributed by atoms with Gasteiger partial charge in [0.1, 0.15) is 0 Å². The molecular weight excluding hydrogens is 310 g/mol. The lowest BCUT2D eigenvalue weighted by Gasteiger charge is -2.31. The molecule has 0 aliphatic carbocycles. The Morgan fingerprint density at radius 3 is 2.78 bits per heavy atom. The molecule has 1 atom stereocenters. The van der Waals surface area contributed by atoms with Crippen molar-refractivity contribution in [2.75, 3.05) is 19.6 Å². The van der Waals surface area contributed by atoms with Crippen LogP contribution in [0.2, 0.25) is 0 Å². The number of nitrogens with zero attached hydrogens (tertiary/aromatic N) is 1. The average Bonchev–Trinajstić information content (AvgIpc) is 2.92. The van der Waals surface area contributed by atoms with Crippen LogP contribution in [0.4, 0.5) is 0 Å². The Morgan fingerprint density at radius 1 is 1.35 bits per heavy atom. The SMILES string of the molecule is Cc1ccc2c(c1)S[C@H](C(=O)NC1CCN(CC(N)=O)CC1)C2. The molecule has 0 spiro atoms. The van der Waals surface area contributed by atoms with E-state index in [9.17, 15) is 9.59 Å². The summed E-state index contributed by atoms with van der Waals surface area (Å²) in [4.78, 5) is 26.7. The zero-order chi connectivity index (χ0) is 16.4. The van der Waals surface area contributed by atoms with Gasteiger partial charge in [0.15, 0.2) is 0 Å².